The zero-order chi connectivity index (χ0) is 11.5. The molecule has 86 valence electrons. The third-order valence-corrected chi connectivity index (χ3v) is 2.90. The topological polar surface area (TPSA) is 42.1 Å². The van der Waals surface area contributed by atoms with E-state index in [2.05, 4.69) is 28.6 Å². The molecule has 0 amide bonds. The van der Waals surface area contributed by atoms with Gasteiger partial charge in [0.05, 0.1) is 0 Å². The first kappa shape index (κ1) is 11.1. The van der Waals surface area contributed by atoms with Gasteiger partial charge in [-0.05, 0) is 31.4 Å². The van der Waals surface area contributed by atoms with Crippen molar-refractivity contribution in [1.29, 1.82) is 0 Å². The van der Waals surface area contributed by atoms with Gasteiger partial charge in [-0.2, -0.15) is 0 Å². The maximum absolute atomic E-state index is 5.80. The molecule has 1 fully saturated rings. The van der Waals surface area contributed by atoms with E-state index in [0.29, 0.717) is 6.04 Å². The van der Waals surface area contributed by atoms with Crippen molar-refractivity contribution >= 4 is 5.82 Å². The van der Waals surface area contributed by atoms with Crippen LogP contribution < -0.4 is 10.6 Å². The highest BCUT2D eigenvalue weighted by atomic mass is 15.2. The lowest BCUT2D eigenvalue weighted by Crippen LogP contribution is -2.26. The fourth-order valence-electron chi connectivity index (χ4n) is 1.79. The van der Waals surface area contributed by atoms with Crippen LogP contribution in [0.3, 0.4) is 0 Å². The first-order valence-corrected chi connectivity index (χ1v) is 5.81. The van der Waals surface area contributed by atoms with Crippen LogP contribution in [-0.4, -0.2) is 17.6 Å². The van der Waals surface area contributed by atoms with Crippen LogP contribution in [0.1, 0.15) is 31.4 Å². The predicted octanol–water partition coefficient (Wildman–Crippen LogP) is 2.26. The molecular weight excluding hydrogens is 198 g/mol. The molecule has 2 N–H and O–H groups in total. The van der Waals surface area contributed by atoms with Crippen LogP contribution in [-0.2, 0) is 0 Å². The highest BCUT2D eigenvalue weighted by Gasteiger charge is 2.29. The molecule has 0 unspecified atom stereocenters. The molecule has 3 heteroatoms. The van der Waals surface area contributed by atoms with Crippen molar-refractivity contribution in [3.8, 4) is 0 Å². The number of pyridine rings is 1. The highest BCUT2D eigenvalue weighted by Crippen LogP contribution is 2.30. The van der Waals surface area contributed by atoms with E-state index in [-0.39, 0.29) is 6.04 Å². The van der Waals surface area contributed by atoms with E-state index in [1.165, 1.54) is 12.8 Å². The minimum absolute atomic E-state index is 0.0512. The molecule has 1 heterocycles. The van der Waals surface area contributed by atoms with Gasteiger partial charge in [0.2, 0.25) is 0 Å². The quantitative estimate of drug-likeness (QED) is 0.769. The second kappa shape index (κ2) is 4.66. The van der Waals surface area contributed by atoms with E-state index < -0.39 is 0 Å². The summed E-state index contributed by atoms with van der Waals surface area (Å²) in [4.78, 5) is 6.78. The van der Waals surface area contributed by atoms with Crippen LogP contribution in [0.2, 0.25) is 0 Å². The maximum Gasteiger partial charge on any atom is 0.129 e. The van der Waals surface area contributed by atoms with E-state index in [9.17, 15) is 0 Å². The fourth-order valence-corrected chi connectivity index (χ4v) is 1.79. The van der Waals surface area contributed by atoms with Gasteiger partial charge in [0, 0.05) is 24.8 Å². The SMILES string of the molecule is C=CCN(c1ccc([C@H](C)N)cn1)C1CC1. The summed E-state index contributed by atoms with van der Waals surface area (Å²) in [5, 5.41) is 0. The minimum atomic E-state index is 0.0512. The predicted molar refractivity (Wildman–Crippen MR) is 67.4 cm³/mol. The smallest absolute Gasteiger partial charge is 0.129 e. The summed E-state index contributed by atoms with van der Waals surface area (Å²) in [5.74, 6) is 1.03. The lowest BCUT2D eigenvalue weighted by atomic mass is 10.1. The number of aromatic nitrogens is 1. The molecule has 1 aliphatic rings. The molecule has 0 aliphatic heterocycles. The number of nitrogens with two attached hydrogens (primary N) is 1. The van der Waals surface area contributed by atoms with Crippen molar-refractivity contribution in [1.82, 2.24) is 4.98 Å². The normalized spacial score (nSPS) is 16.9. The van der Waals surface area contributed by atoms with Crippen LogP contribution in [0, 0.1) is 0 Å². The molecule has 16 heavy (non-hydrogen) atoms. The molecule has 0 spiro atoms. The van der Waals surface area contributed by atoms with Crippen LogP contribution in [0.5, 0.6) is 0 Å². The van der Waals surface area contributed by atoms with Crippen molar-refractivity contribution in [3.05, 3.63) is 36.5 Å². The lowest BCUT2D eigenvalue weighted by molar-refractivity contribution is 0.800. The molecule has 0 radical (unpaired) electrons. The Kier molecular flexibility index (Phi) is 3.25. The third-order valence-electron chi connectivity index (χ3n) is 2.90. The maximum atomic E-state index is 5.80. The van der Waals surface area contributed by atoms with Crippen LogP contribution in [0.25, 0.3) is 0 Å². The number of nitrogens with zero attached hydrogens (tertiary/aromatic N) is 2. The Morgan fingerprint density at radius 2 is 2.38 bits per heavy atom. The van der Waals surface area contributed by atoms with Crippen molar-refractivity contribution < 1.29 is 0 Å². The second-order valence-corrected chi connectivity index (χ2v) is 4.41. The van der Waals surface area contributed by atoms with E-state index in [0.717, 1.165) is 17.9 Å². The average Bonchev–Trinajstić information content (AvgIpc) is 3.10. The number of anilines is 1. The first-order chi connectivity index (χ1) is 7.72. The van der Waals surface area contributed by atoms with Gasteiger partial charge in [0.1, 0.15) is 5.82 Å². The highest BCUT2D eigenvalue weighted by molar-refractivity contribution is 5.43. The molecule has 0 bridgehead atoms. The Balaban J connectivity index is 2.14. The Morgan fingerprint density at radius 1 is 1.62 bits per heavy atom. The van der Waals surface area contributed by atoms with Gasteiger partial charge in [0.25, 0.3) is 0 Å². The fraction of sp³-hybridized carbons (Fsp3) is 0.462. The van der Waals surface area contributed by atoms with Gasteiger partial charge in [-0.3, -0.25) is 0 Å². The second-order valence-electron chi connectivity index (χ2n) is 4.41. The van der Waals surface area contributed by atoms with Gasteiger partial charge in [-0.1, -0.05) is 12.1 Å². The van der Waals surface area contributed by atoms with Crippen LogP contribution >= 0.6 is 0 Å². The van der Waals surface area contributed by atoms with Gasteiger partial charge >= 0.3 is 0 Å². The molecular formula is C13H19N3. The van der Waals surface area contributed by atoms with Crippen molar-refractivity contribution in [2.24, 2.45) is 5.73 Å². The van der Waals surface area contributed by atoms with E-state index in [4.69, 9.17) is 5.73 Å². The standard InChI is InChI=1S/C13H19N3/c1-3-8-16(12-5-6-12)13-7-4-11(9-15-13)10(2)14/h3-4,7,9-10,12H,1,5-6,8,14H2,2H3/t10-/m0/s1. The molecule has 2 rings (SSSR count). The molecule has 1 aromatic rings. The Morgan fingerprint density at radius 3 is 2.81 bits per heavy atom. The zero-order valence-corrected chi connectivity index (χ0v) is 9.76. The molecule has 1 atom stereocenters. The van der Waals surface area contributed by atoms with E-state index in [1.807, 2.05) is 19.2 Å². The van der Waals surface area contributed by atoms with Crippen LogP contribution in [0.15, 0.2) is 31.0 Å². The number of rotatable bonds is 5. The van der Waals surface area contributed by atoms with Gasteiger partial charge in [0.15, 0.2) is 0 Å². The molecule has 1 aliphatic carbocycles. The molecule has 0 aromatic carbocycles. The summed E-state index contributed by atoms with van der Waals surface area (Å²) in [5.41, 5.74) is 6.88. The van der Waals surface area contributed by atoms with E-state index >= 15 is 0 Å². The van der Waals surface area contributed by atoms with Crippen molar-refractivity contribution in [2.75, 3.05) is 11.4 Å². The van der Waals surface area contributed by atoms with Gasteiger partial charge in [-0.15, -0.1) is 6.58 Å². The van der Waals surface area contributed by atoms with Gasteiger partial charge in [-0.25, -0.2) is 4.98 Å². The molecule has 0 saturated heterocycles. The monoisotopic (exact) mass is 217 g/mol. The molecule has 3 nitrogen and oxygen atoms in total. The molecule has 1 aromatic heterocycles. The Hall–Kier alpha value is -1.35. The lowest BCUT2D eigenvalue weighted by Gasteiger charge is -2.22. The number of hydrogen-bond acceptors (Lipinski definition) is 3. The van der Waals surface area contributed by atoms with E-state index in [1.54, 1.807) is 0 Å². The van der Waals surface area contributed by atoms with Crippen molar-refractivity contribution in [3.63, 3.8) is 0 Å². The summed E-state index contributed by atoms with van der Waals surface area (Å²) < 4.78 is 0. The van der Waals surface area contributed by atoms with Crippen molar-refractivity contribution in [2.45, 2.75) is 31.8 Å². The minimum Gasteiger partial charge on any atom is -0.350 e. The summed E-state index contributed by atoms with van der Waals surface area (Å²) in [6.45, 7) is 6.63. The largest absolute Gasteiger partial charge is 0.350 e. The third kappa shape index (κ3) is 2.42. The first-order valence-electron chi connectivity index (χ1n) is 5.81. The molecule has 1 saturated carbocycles. The average molecular weight is 217 g/mol. The summed E-state index contributed by atoms with van der Waals surface area (Å²) in [7, 11) is 0. The summed E-state index contributed by atoms with van der Waals surface area (Å²) in [6.07, 6.45) is 6.34. The summed E-state index contributed by atoms with van der Waals surface area (Å²) >= 11 is 0. The zero-order valence-electron chi connectivity index (χ0n) is 9.76. The Labute approximate surface area is 97.0 Å². The van der Waals surface area contributed by atoms with Crippen LogP contribution in [0.4, 0.5) is 5.82 Å². The summed E-state index contributed by atoms with van der Waals surface area (Å²) in [6, 6.07) is 4.83. The van der Waals surface area contributed by atoms with Gasteiger partial charge < -0.3 is 10.6 Å². The Bertz CT molecular complexity index is 352. The number of hydrogen-bond donors (Lipinski definition) is 1.